The molecule has 0 radical (unpaired) electrons. The maximum absolute atomic E-state index is 14.0. The largest absolute Gasteiger partial charge is 0.388 e. The van der Waals surface area contributed by atoms with Gasteiger partial charge in [-0.1, -0.05) is 13.8 Å². The van der Waals surface area contributed by atoms with E-state index in [0.717, 1.165) is 6.07 Å². The van der Waals surface area contributed by atoms with Crippen LogP contribution >= 0.6 is 0 Å². The fraction of sp³-hybridized carbons (Fsp3) is 0.429. The highest BCUT2D eigenvalue weighted by molar-refractivity contribution is 5.57. The zero-order chi connectivity index (χ0) is 14.9. The Morgan fingerprint density at radius 1 is 1.20 bits per heavy atom. The van der Waals surface area contributed by atoms with E-state index < -0.39 is 11.6 Å². The van der Waals surface area contributed by atoms with Crippen molar-refractivity contribution in [1.29, 1.82) is 0 Å². The Kier molecular flexibility index (Phi) is 4.13. The first-order valence-corrected chi connectivity index (χ1v) is 6.43. The summed E-state index contributed by atoms with van der Waals surface area (Å²) in [5.41, 5.74) is 0.530. The molecular weight excluding hydrogens is 264 g/mol. The molecule has 1 heterocycles. The highest BCUT2D eigenvalue weighted by atomic mass is 19.1. The van der Waals surface area contributed by atoms with Crippen LogP contribution in [0.3, 0.4) is 0 Å². The van der Waals surface area contributed by atoms with E-state index in [1.54, 1.807) is 11.5 Å². The third-order valence-corrected chi connectivity index (χ3v) is 3.01. The van der Waals surface area contributed by atoms with Crippen LogP contribution in [0.5, 0.6) is 0 Å². The first-order chi connectivity index (χ1) is 9.43. The zero-order valence-corrected chi connectivity index (χ0v) is 11.7. The summed E-state index contributed by atoms with van der Waals surface area (Å²) in [4.78, 5) is 0. The van der Waals surface area contributed by atoms with Crippen molar-refractivity contribution in [3.63, 3.8) is 0 Å². The average molecular weight is 281 g/mol. The van der Waals surface area contributed by atoms with Gasteiger partial charge >= 0.3 is 0 Å². The van der Waals surface area contributed by atoms with Gasteiger partial charge in [0.25, 0.3) is 0 Å². The molecule has 4 nitrogen and oxygen atoms in total. The number of aliphatic hydroxyl groups is 1. The molecular formula is C14H17F2N3O. The van der Waals surface area contributed by atoms with Gasteiger partial charge in [-0.15, -0.1) is 10.2 Å². The lowest BCUT2D eigenvalue weighted by atomic mass is 10.1. The minimum absolute atomic E-state index is 0.191. The maximum Gasteiger partial charge on any atom is 0.167 e. The summed E-state index contributed by atoms with van der Waals surface area (Å²) in [6.07, 6.45) is 0. The number of hydrogen-bond donors (Lipinski definition) is 1. The van der Waals surface area contributed by atoms with E-state index in [2.05, 4.69) is 10.2 Å². The molecule has 2 aromatic rings. The lowest BCUT2D eigenvalue weighted by molar-refractivity contribution is 0.262. The van der Waals surface area contributed by atoms with Gasteiger partial charge in [0.1, 0.15) is 18.2 Å². The smallest absolute Gasteiger partial charge is 0.167 e. The number of aromatic nitrogens is 3. The van der Waals surface area contributed by atoms with E-state index in [-0.39, 0.29) is 18.1 Å². The Morgan fingerprint density at radius 2 is 1.90 bits per heavy atom. The van der Waals surface area contributed by atoms with Crippen LogP contribution in [0.2, 0.25) is 0 Å². The summed E-state index contributed by atoms with van der Waals surface area (Å²) in [6, 6.07) is 2.25. The number of benzene rings is 1. The second-order valence-electron chi connectivity index (χ2n) is 5.18. The second-order valence-corrected chi connectivity index (χ2v) is 5.18. The molecule has 0 aliphatic carbocycles. The fourth-order valence-electron chi connectivity index (χ4n) is 2.04. The zero-order valence-electron chi connectivity index (χ0n) is 11.7. The van der Waals surface area contributed by atoms with Crippen LogP contribution < -0.4 is 0 Å². The third-order valence-electron chi connectivity index (χ3n) is 3.01. The molecule has 0 bridgehead atoms. The number of nitrogens with zero attached hydrogens (tertiary/aromatic N) is 3. The number of aryl methyl sites for hydroxylation is 1. The van der Waals surface area contributed by atoms with Gasteiger partial charge in [-0.2, -0.15) is 0 Å². The van der Waals surface area contributed by atoms with E-state index in [1.807, 2.05) is 13.8 Å². The lowest BCUT2D eigenvalue weighted by Crippen LogP contribution is -2.11. The molecule has 0 aliphatic rings. The highest BCUT2D eigenvalue weighted by Gasteiger charge is 2.18. The van der Waals surface area contributed by atoms with Crippen LogP contribution in [0.4, 0.5) is 8.78 Å². The molecule has 0 spiro atoms. The predicted molar refractivity (Wildman–Crippen MR) is 70.9 cm³/mol. The van der Waals surface area contributed by atoms with Crippen LogP contribution in [0.15, 0.2) is 12.1 Å². The molecule has 0 aliphatic heterocycles. The molecule has 6 heteroatoms. The highest BCUT2D eigenvalue weighted by Crippen LogP contribution is 2.25. The van der Waals surface area contributed by atoms with Gasteiger partial charge in [0, 0.05) is 12.6 Å². The van der Waals surface area contributed by atoms with E-state index in [0.29, 0.717) is 23.8 Å². The number of aliphatic hydroxyl groups excluding tert-OH is 1. The average Bonchev–Trinajstić information content (AvgIpc) is 2.76. The van der Waals surface area contributed by atoms with Crippen molar-refractivity contribution in [2.75, 3.05) is 0 Å². The van der Waals surface area contributed by atoms with Crippen LogP contribution in [0.1, 0.15) is 25.2 Å². The summed E-state index contributed by atoms with van der Waals surface area (Å²) in [5, 5.41) is 17.1. The van der Waals surface area contributed by atoms with Gasteiger partial charge in [-0.05, 0) is 24.5 Å². The van der Waals surface area contributed by atoms with Crippen molar-refractivity contribution >= 4 is 0 Å². The van der Waals surface area contributed by atoms with Crippen LogP contribution in [-0.4, -0.2) is 19.9 Å². The molecule has 108 valence electrons. The van der Waals surface area contributed by atoms with Crippen molar-refractivity contribution < 1.29 is 13.9 Å². The molecule has 2 rings (SSSR count). The van der Waals surface area contributed by atoms with Crippen molar-refractivity contribution in [1.82, 2.24) is 14.8 Å². The van der Waals surface area contributed by atoms with Gasteiger partial charge in [0.15, 0.2) is 11.6 Å². The van der Waals surface area contributed by atoms with Crippen molar-refractivity contribution in [2.45, 2.75) is 33.9 Å². The molecule has 0 saturated carbocycles. The predicted octanol–water partition coefficient (Wildman–Crippen LogP) is 2.68. The minimum Gasteiger partial charge on any atom is -0.388 e. The Hall–Kier alpha value is -1.82. The van der Waals surface area contributed by atoms with E-state index in [9.17, 15) is 13.9 Å². The monoisotopic (exact) mass is 281 g/mol. The molecule has 0 atom stereocenters. The fourth-order valence-corrected chi connectivity index (χ4v) is 2.04. The number of rotatable bonds is 4. The van der Waals surface area contributed by atoms with Crippen LogP contribution in [0.25, 0.3) is 11.4 Å². The first-order valence-electron chi connectivity index (χ1n) is 6.43. The Balaban J connectivity index is 2.58. The van der Waals surface area contributed by atoms with Gasteiger partial charge in [0.05, 0.1) is 5.56 Å². The standard InChI is InChI=1S/C14H17F2N3O/c1-8(2)6-19-13(7-20)17-18-14(19)10-4-9(3)11(15)5-12(10)16/h4-5,8,20H,6-7H2,1-3H3. The van der Waals surface area contributed by atoms with E-state index in [4.69, 9.17) is 0 Å². The maximum atomic E-state index is 14.0. The molecule has 0 saturated heterocycles. The lowest BCUT2D eigenvalue weighted by Gasteiger charge is -2.12. The Labute approximate surface area is 116 Å². The molecule has 0 amide bonds. The van der Waals surface area contributed by atoms with Gasteiger partial charge < -0.3 is 9.67 Å². The number of halogens is 2. The Bertz CT molecular complexity index is 623. The summed E-state index contributed by atoms with van der Waals surface area (Å²) >= 11 is 0. The molecule has 20 heavy (non-hydrogen) atoms. The first kappa shape index (κ1) is 14.6. The van der Waals surface area contributed by atoms with Crippen molar-refractivity contribution in [2.24, 2.45) is 5.92 Å². The van der Waals surface area contributed by atoms with Gasteiger partial charge in [0.2, 0.25) is 0 Å². The van der Waals surface area contributed by atoms with Gasteiger partial charge in [-0.25, -0.2) is 8.78 Å². The summed E-state index contributed by atoms with van der Waals surface area (Å²) in [5.74, 6) is -0.323. The van der Waals surface area contributed by atoms with Crippen molar-refractivity contribution in [3.05, 3.63) is 35.2 Å². The molecule has 0 fully saturated rings. The molecule has 1 N–H and O–H groups in total. The molecule has 1 aromatic carbocycles. The normalized spacial score (nSPS) is 11.3. The summed E-state index contributed by atoms with van der Waals surface area (Å²) in [6.45, 7) is 5.83. The van der Waals surface area contributed by atoms with Crippen LogP contribution in [0, 0.1) is 24.5 Å². The molecule has 0 unspecified atom stereocenters. The minimum atomic E-state index is -0.685. The SMILES string of the molecule is Cc1cc(-c2nnc(CO)n2CC(C)C)c(F)cc1F. The topological polar surface area (TPSA) is 50.9 Å². The van der Waals surface area contributed by atoms with Crippen molar-refractivity contribution in [3.8, 4) is 11.4 Å². The number of hydrogen-bond acceptors (Lipinski definition) is 3. The van der Waals surface area contributed by atoms with Gasteiger partial charge in [-0.3, -0.25) is 0 Å². The summed E-state index contributed by atoms with van der Waals surface area (Å²) in [7, 11) is 0. The molecule has 1 aromatic heterocycles. The van der Waals surface area contributed by atoms with Crippen LogP contribution in [-0.2, 0) is 13.2 Å². The summed E-state index contributed by atoms with van der Waals surface area (Å²) < 4.78 is 29.0. The third kappa shape index (κ3) is 2.70. The quantitative estimate of drug-likeness (QED) is 0.937. The van der Waals surface area contributed by atoms with E-state index >= 15 is 0 Å². The Morgan fingerprint density at radius 3 is 2.50 bits per heavy atom. The van der Waals surface area contributed by atoms with E-state index in [1.165, 1.54) is 6.07 Å². The second kappa shape index (κ2) is 5.66.